The lowest BCUT2D eigenvalue weighted by molar-refractivity contribution is -0.113. The fourth-order valence-electron chi connectivity index (χ4n) is 2.08. The first-order valence-corrected chi connectivity index (χ1v) is 8.32. The SMILES string of the molecule is CSc1nc2ccc(/C=C3\SC(N)=NC3=O)cc2cc1C#N. The molecule has 1 amide bonds. The molecular formula is C15H10N4OS2. The minimum absolute atomic E-state index is 0.259. The highest BCUT2D eigenvalue weighted by molar-refractivity contribution is 8.18. The minimum Gasteiger partial charge on any atom is -0.378 e. The predicted octanol–water partition coefficient (Wildman–Crippen LogP) is 2.76. The van der Waals surface area contributed by atoms with Crippen LogP contribution in [-0.4, -0.2) is 22.3 Å². The molecule has 0 saturated carbocycles. The van der Waals surface area contributed by atoms with Crippen LogP contribution in [0, 0.1) is 11.3 Å². The minimum atomic E-state index is -0.323. The molecule has 0 fully saturated rings. The Morgan fingerprint density at radius 3 is 2.86 bits per heavy atom. The topological polar surface area (TPSA) is 92.1 Å². The van der Waals surface area contributed by atoms with Crippen molar-refractivity contribution in [1.29, 1.82) is 5.26 Å². The summed E-state index contributed by atoms with van der Waals surface area (Å²) in [6.45, 7) is 0. The third-order valence-corrected chi connectivity index (χ3v) is 4.56. The molecule has 0 saturated heterocycles. The standard InChI is InChI=1S/C15H10N4OS2/c1-21-14-10(7-16)6-9-4-8(2-3-11(9)18-14)5-12-13(20)19-15(17)22-12/h2-6H,1H3,(H2,17,19,20)/b12-5-. The largest absolute Gasteiger partial charge is 0.378 e. The Morgan fingerprint density at radius 2 is 2.23 bits per heavy atom. The van der Waals surface area contributed by atoms with Gasteiger partial charge in [-0.3, -0.25) is 4.79 Å². The van der Waals surface area contributed by atoms with E-state index in [-0.39, 0.29) is 11.1 Å². The van der Waals surface area contributed by atoms with E-state index in [1.54, 1.807) is 6.08 Å². The fourth-order valence-corrected chi connectivity index (χ4v) is 3.28. The number of benzene rings is 1. The van der Waals surface area contributed by atoms with Gasteiger partial charge in [-0.2, -0.15) is 10.3 Å². The second kappa shape index (κ2) is 5.83. The van der Waals surface area contributed by atoms with Crippen LogP contribution < -0.4 is 5.73 Å². The van der Waals surface area contributed by atoms with Gasteiger partial charge >= 0.3 is 0 Å². The van der Waals surface area contributed by atoms with Crippen molar-refractivity contribution in [1.82, 2.24) is 4.98 Å². The molecule has 22 heavy (non-hydrogen) atoms. The summed E-state index contributed by atoms with van der Waals surface area (Å²) in [6, 6.07) is 9.60. The van der Waals surface area contributed by atoms with Crippen LogP contribution in [-0.2, 0) is 4.79 Å². The molecule has 3 rings (SSSR count). The lowest BCUT2D eigenvalue weighted by Crippen LogP contribution is -2.01. The maximum Gasteiger partial charge on any atom is 0.286 e. The second-order valence-corrected chi connectivity index (χ2v) is 6.33. The summed E-state index contributed by atoms with van der Waals surface area (Å²) in [5.41, 5.74) is 7.73. The Labute approximate surface area is 135 Å². The Balaban J connectivity index is 2.05. The highest BCUT2D eigenvalue weighted by Gasteiger charge is 2.19. The Hall–Kier alpha value is -2.30. The maximum absolute atomic E-state index is 11.6. The first-order valence-electron chi connectivity index (χ1n) is 6.27. The van der Waals surface area contributed by atoms with Gasteiger partial charge in [0.25, 0.3) is 5.91 Å². The molecule has 1 aromatic heterocycles. The predicted molar refractivity (Wildman–Crippen MR) is 90.4 cm³/mol. The van der Waals surface area contributed by atoms with Gasteiger partial charge in [-0.05, 0) is 47.9 Å². The van der Waals surface area contributed by atoms with Crippen molar-refractivity contribution in [2.75, 3.05) is 6.26 Å². The first kappa shape index (κ1) is 14.6. The van der Waals surface area contributed by atoms with Crippen molar-refractivity contribution in [3.63, 3.8) is 0 Å². The number of nitrogens with zero attached hydrogens (tertiary/aromatic N) is 3. The van der Waals surface area contributed by atoms with Crippen LogP contribution in [0.5, 0.6) is 0 Å². The lowest BCUT2D eigenvalue weighted by Gasteiger charge is -2.04. The first-order chi connectivity index (χ1) is 10.6. The maximum atomic E-state index is 11.6. The molecule has 7 heteroatoms. The van der Waals surface area contributed by atoms with E-state index in [2.05, 4.69) is 16.0 Å². The summed E-state index contributed by atoms with van der Waals surface area (Å²) < 4.78 is 0. The number of nitrogens with two attached hydrogens (primary N) is 1. The molecule has 0 bridgehead atoms. The number of aliphatic imine (C=N–C) groups is 1. The molecule has 1 aromatic carbocycles. The van der Waals surface area contributed by atoms with Crippen LogP contribution in [0.4, 0.5) is 0 Å². The molecule has 108 valence electrons. The van der Waals surface area contributed by atoms with Gasteiger partial charge in [0.1, 0.15) is 11.1 Å². The number of fused-ring (bicyclic) bond motifs is 1. The van der Waals surface area contributed by atoms with Crippen LogP contribution in [0.25, 0.3) is 17.0 Å². The summed E-state index contributed by atoms with van der Waals surface area (Å²) in [5.74, 6) is -0.323. The summed E-state index contributed by atoms with van der Waals surface area (Å²) in [6.07, 6.45) is 3.63. The number of nitriles is 1. The smallest absolute Gasteiger partial charge is 0.286 e. The van der Waals surface area contributed by atoms with Crippen LogP contribution in [0.15, 0.2) is 39.2 Å². The molecule has 0 aliphatic carbocycles. The molecule has 0 radical (unpaired) electrons. The van der Waals surface area contributed by atoms with Crippen LogP contribution in [0.1, 0.15) is 11.1 Å². The van der Waals surface area contributed by atoms with E-state index in [1.807, 2.05) is 30.5 Å². The number of amidine groups is 1. The van der Waals surface area contributed by atoms with E-state index in [9.17, 15) is 10.1 Å². The lowest BCUT2D eigenvalue weighted by atomic mass is 10.1. The number of carbonyl (C=O) groups excluding carboxylic acids is 1. The van der Waals surface area contributed by atoms with Crippen molar-refractivity contribution < 1.29 is 4.79 Å². The molecular weight excluding hydrogens is 316 g/mol. The monoisotopic (exact) mass is 326 g/mol. The summed E-state index contributed by atoms with van der Waals surface area (Å²) >= 11 is 2.60. The number of thioether (sulfide) groups is 2. The fraction of sp³-hybridized carbons (Fsp3) is 0.0667. The van der Waals surface area contributed by atoms with Gasteiger partial charge in [-0.15, -0.1) is 11.8 Å². The van der Waals surface area contributed by atoms with E-state index >= 15 is 0 Å². The number of hydrogen-bond donors (Lipinski definition) is 1. The molecule has 0 unspecified atom stereocenters. The van der Waals surface area contributed by atoms with E-state index in [4.69, 9.17) is 5.73 Å². The van der Waals surface area contributed by atoms with Gasteiger partial charge in [0.2, 0.25) is 0 Å². The van der Waals surface area contributed by atoms with Crippen LogP contribution in [0.3, 0.4) is 0 Å². The van der Waals surface area contributed by atoms with E-state index < -0.39 is 0 Å². The van der Waals surface area contributed by atoms with Crippen LogP contribution >= 0.6 is 23.5 Å². The van der Waals surface area contributed by atoms with Gasteiger partial charge in [0.05, 0.1) is 16.0 Å². The number of carbonyl (C=O) groups is 1. The number of pyridine rings is 1. The number of hydrogen-bond acceptors (Lipinski definition) is 6. The molecule has 5 nitrogen and oxygen atoms in total. The summed E-state index contributed by atoms with van der Waals surface area (Å²) in [5, 5.41) is 11.0. The number of aromatic nitrogens is 1. The van der Waals surface area contributed by atoms with Crippen molar-refractivity contribution in [3.8, 4) is 6.07 Å². The second-order valence-electron chi connectivity index (χ2n) is 4.47. The van der Waals surface area contributed by atoms with Gasteiger partial charge in [0, 0.05) is 5.39 Å². The quantitative estimate of drug-likeness (QED) is 0.674. The summed E-state index contributed by atoms with van der Waals surface area (Å²) in [7, 11) is 0. The number of rotatable bonds is 2. The molecule has 0 atom stereocenters. The van der Waals surface area contributed by atoms with Crippen molar-refractivity contribution in [2.24, 2.45) is 10.7 Å². The van der Waals surface area contributed by atoms with E-state index in [1.165, 1.54) is 11.8 Å². The molecule has 2 N–H and O–H groups in total. The zero-order chi connectivity index (χ0) is 15.7. The number of amides is 1. The highest BCUT2D eigenvalue weighted by Crippen LogP contribution is 2.28. The average molecular weight is 326 g/mol. The van der Waals surface area contributed by atoms with Crippen molar-refractivity contribution in [2.45, 2.75) is 5.03 Å². The molecule has 1 aliphatic rings. The Morgan fingerprint density at radius 1 is 1.41 bits per heavy atom. The zero-order valence-corrected chi connectivity index (χ0v) is 13.2. The van der Waals surface area contributed by atoms with Crippen molar-refractivity contribution >= 4 is 51.6 Å². The Bertz CT molecular complexity index is 896. The molecule has 2 heterocycles. The van der Waals surface area contributed by atoms with Gasteiger partial charge in [-0.25, -0.2) is 4.98 Å². The van der Waals surface area contributed by atoms with Gasteiger partial charge in [-0.1, -0.05) is 6.07 Å². The molecule has 0 spiro atoms. The zero-order valence-electron chi connectivity index (χ0n) is 11.5. The van der Waals surface area contributed by atoms with E-state index in [0.717, 1.165) is 28.2 Å². The Kier molecular flexibility index (Phi) is 3.88. The third-order valence-electron chi connectivity index (χ3n) is 3.05. The highest BCUT2D eigenvalue weighted by atomic mass is 32.2. The van der Waals surface area contributed by atoms with Crippen LogP contribution in [0.2, 0.25) is 0 Å². The third kappa shape index (κ3) is 2.71. The van der Waals surface area contributed by atoms with Crippen molar-refractivity contribution in [3.05, 3.63) is 40.3 Å². The normalized spacial score (nSPS) is 16.1. The molecule has 2 aromatic rings. The molecule has 1 aliphatic heterocycles. The average Bonchev–Trinajstić information content (AvgIpc) is 2.83. The summed E-state index contributed by atoms with van der Waals surface area (Å²) in [4.78, 5) is 20.3. The van der Waals surface area contributed by atoms with E-state index in [0.29, 0.717) is 15.5 Å². The van der Waals surface area contributed by atoms with Gasteiger partial charge < -0.3 is 5.73 Å². The van der Waals surface area contributed by atoms with Gasteiger partial charge in [0.15, 0.2) is 5.17 Å².